The topological polar surface area (TPSA) is 58.6 Å². The molecule has 122 valence electrons. The number of rotatable bonds is 4. The highest BCUT2D eigenvalue weighted by atomic mass is 32.2. The smallest absolute Gasteiger partial charge is 0.243 e. The summed E-state index contributed by atoms with van der Waals surface area (Å²) in [7, 11) is -3.45. The second kappa shape index (κ2) is 6.28. The summed E-state index contributed by atoms with van der Waals surface area (Å²) >= 11 is 0. The highest BCUT2D eigenvalue weighted by molar-refractivity contribution is 7.89. The molecular weight excluding hydrogens is 300 g/mol. The van der Waals surface area contributed by atoms with Gasteiger partial charge in [-0.25, -0.2) is 8.42 Å². The zero-order valence-electron chi connectivity index (χ0n) is 13.0. The quantitative estimate of drug-likeness (QED) is 0.914. The van der Waals surface area contributed by atoms with Gasteiger partial charge in [-0.1, -0.05) is 25.1 Å². The van der Waals surface area contributed by atoms with Crippen LogP contribution in [0.5, 0.6) is 0 Å². The van der Waals surface area contributed by atoms with Crippen molar-refractivity contribution in [1.29, 1.82) is 0 Å². The number of benzene rings is 1. The number of nitrogens with zero attached hydrogens (tertiary/aromatic N) is 1. The first kappa shape index (κ1) is 15.9. The predicted octanol–water partition coefficient (Wildman–Crippen LogP) is 1.61. The van der Waals surface area contributed by atoms with Crippen molar-refractivity contribution in [2.24, 2.45) is 0 Å². The molecule has 2 aliphatic heterocycles. The monoisotopic (exact) mass is 324 g/mol. The van der Waals surface area contributed by atoms with E-state index in [2.05, 4.69) is 5.32 Å². The van der Waals surface area contributed by atoms with Crippen LogP contribution in [0.15, 0.2) is 35.2 Å². The van der Waals surface area contributed by atoms with Gasteiger partial charge in [0.1, 0.15) is 0 Å². The second-order valence-corrected chi connectivity index (χ2v) is 8.01. The maximum absolute atomic E-state index is 12.9. The van der Waals surface area contributed by atoms with Gasteiger partial charge >= 0.3 is 0 Å². The number of ether oxygens (including phenoxy) is 1. The van der Waals surface area contributed by atoms with Crippen LogP contribution in [0.1, 0.15) is 26.2 Å². The first-order chi connectivity index (χ1) is 10.6. The molecule has 1 atom stereocenters. The maximum Gasteiger partial charge on any atom is 0.243 e. The third kappa shape index (κ3) is 2.93. The molecule has 0 aliphatic carbocycles. The van der Waals surface area contributed by atoms with Crippen LogP contribution in [0.3, 0.4) is 0 Å². The SMILES string of the molecule is CCN([C@H]1COC2(CCNCC2)C1)S(=O)(=O)c1ccccc1. The van der Waals surface area contributed by atoms with Crippen molar-refractivity contribution in [2.75, 3.05) is 26.2 Å². The zero-order valence-corrected chi connectivity index (χ0v) is 13.8. The van der Waals surface area contributed by atoms with Gasteiger partial charge in [0.15, 0.2) is 0 Å². The molecule has 3 rings (SSSR count). The summed E-state index contributed by atoms with van der Waals surface area (Å²) in [6.45, 7) is 4.77. The second-order valence-electron chi connectivity index (χ2n) is 6.12. The van der Waals surface area contributed by atoms with Crippen molar-refractivity contribution in [2.45, 2.75) is 42.7 Å². The molecule has 0 aromatic heterocycles. The Balaban J connectivity index is 1.80. The Bertz CT molecular complexity index is 597. The Labute approximate surface area is 132 Å². The van der Waals surface area contributed by atoms with Gasteiger partial charge in [0.2, 0.25) is 10.0 Å². The Hall–Kier alpha value is -0.950. The van der Waals surface area contributed by atoms with Gasteiger partial charge in [0.25, 0.3) is 0 Å². The number of sulfonamides is 1. The van der Waals surface area contributed by atoms with Crippen molar-refractivity contribution in [3.8, 4) is 0 Å². The van der Waals surface area contributed by atoms with Crippen molar-refractivity contribution >= 4 is 10.0 Å². The summed E-state index contributed by atoms with van der Waals surface area (Å²) in [4.78, 5) is 0.364. The van der Waals surface area contributed by atoms with E-state index < -0.39 is 10.0 Å². The van der Waals surface area contributed by atoms with Crippen LogP contribution in [0, 0.1) is 0 Å². The molecule has 5 nitrogen and oxygen atoms in total. The van der Waals surface area contributed by atoms with E-state index in [1.807, 2.05) is 13.0 Å². The standard InChI is InChI=1S/C16H24N2O3S/c1-2-18(22(19,20)15-6-4-3-5-7-15)14-12-16(21-13-14)8-10-17-11-9-16/h3-7,14,17H,2,8-13H2,1H3/t14-/m1/s1. The van der Waals surface area contributed by atoms with Crippen LogP contribution >= 0.6 is 0 Å². The van der Waals surface area contributed by atoms with E-state index >= 15 is 0 Å². The Morgan fingerprint density at radius 1 is 1.27 bits per heavy atom. The third-order valence-electron chi connectivity index (χ3n) is 4.77. The predicted molar refractivity (Wildman–Crippen MR) is 85.2 cm³/mol. The van der Waals surface area contributed by atoms with Gasteiger partial charge in [-0.2, -0.15) is 4.31 Å². The van der Waals surface area contributed by atoms with E-state index in [4.69, 9.17) is 4.74 Å². The molecule has 2 aliphatic rings. The molecule has 0 unspecified atom stereocenters. The summed E-state index contributed by atoms with van der Waals surface area (Å²) in [6.07, 6.45) is 2.73. The molecule has 0 bridgehead atoms. The first-order valence-corrected chi connectivity index (χ1v) is 9.43. The van der Waals surface area contributed by atoms with Gasteiger partial charge in [-0.3, -0.25) is 0 Å². The molecule has 2 fully saturated rings. The van der Waals surface area contributed by atoms with Crippen LogP contribution in [0.25, 0.3) is 0 Å². The fraction of sp³-hybridized carbons (Fsp3) is 0.625. The number of likely N-dealkylation sites (N-methyl/N-ethyl adjacent to an activating group) is 1. The highest BCUT2D eigenvalue weighted by Crippen LogP contribution is 2.37. The Morgan fingerprint density at radius 3 is 2.59 bits per heavy atom. The van der Waals surface area contributed by atoms with Crippen LogP contribution in [-0.4, -0.2) is 50.6 Å². The minimum absolute atomic E-state index is 0.0618. The molecule has 1 aromatic carbocycles. The molecule has 6 heteroatoms. The lowest BCUT2D eigenvalue weighted by Crippen LogP contribution is -2.44. The van der Waals surface area contributed by atoms with Crippen molar-refractivity contribution in [3.05, 3.63) is 30.3 Å². The summed E-state index contributed by atoms with van der Waals surface area (Å²) in [5, 5.41) is 3.34. The summed E-state index contributed by atoms with van der Waals surface area (Å²) in [5.74, 6) is 0. The molecule has 2 saturated heterocycles. The number of hydrogen-bond donors (Lipinski definition) is 1. The van der Waals surface area contributed by atoms with Crippen LogP contribution in [0.2, 0.25) is 0 Å². The van der Waals surface area contributed by atoms with Crippen molar-refractivity contribution < 1.29 is 13.2 Å². The van der Waals surface area contributed by atoms with Crippen LogP contribution < -0.4 is 5.32 Å². The fourth-order valence-corrected chi connectivity index (χ4v) is 5.23. The molecule has 0 amide bonds. The average molecular weight is 324 g/mol. The first-order valence-electron chi connectivity index (χ1n) is 7.99. The number of nitrogens with one attached hydrogen (secondary N) is 1. The molecule has 0 saturated carbocycles. The van der Waals surface area contributed by atoms with Crippen LogP contribution in [-0.2, 0) is 14.8 Å². The van der Waals surface area contributed by atoms with Gasteiger partial charge < -0.3 is 10.1 Å². The molecule has 0 radical (unpaired) electrons. The van der Waals surface area contributed by atoms with Crippen molar-refractivity contribution in [3.63, 3.8) is 0 Å². The molecular formula is C16H24N2O3S. The molecule has 1 spiro atoms. The number of hydrogen-bond acceptors (Lipinski definition) is 4. The van der Waals surface area contributed by atoms with E-state index in [1.54, 1.807) is 28.6 Å². The molecule has 1 N–H and O–H groups in total. The van der Waals surface area contributed by atoms with E-state index in [0.29, 0.717) is 18.0 Å². The zero-order chi connectivity index (χ0) is 15.6. The average Bonchev–Trinajstić information content (AvgIpc) is 2.92. The van der Waals surface area contributed by atoms with E-state index in [0.717, 1.165) is 32.4 Å². The minimum Gasteiger partial charge on any atom is -0.373 e. The van der Waals surface area contributed by atoms with E-state index in [-0.39, 0.29) is 11.6 Å². The lowest BCUT2D eigenvalue weighted by atomic mass is 9.88. The van der Waals surface area contributed by atoms with Crippen LogP contribution in [0.4, 0.5) is 0 Å². The molecule has 1 aromatic rings. The van der Waals surface area contributed by atoms with Gasteiger partial charge in [0, 0.05) is 6.54 Å². The lowest BCUT2D eigenvalue weighted by Gasteiger charge is -2.33. The lowest BCUT2D eigenvalue weighted by molar-refractivity contribution is -0.0197. The third-order valence-corrected chi connectivity index (χ3v) is 6.81. The van der Waals surface area contributed by atoms with Gasteiger partial charge in [-0.05, 0) is 44.5 Å². The van der Waals surface area contributed by atoms with E-state index in [1.165, 1.54) is 0 Å². The molecule has 22 heavy (non-hydrogen) atoms. The Morgan fingerprint density at radius 2 is 1.95 bits per heavy atom. The van der Waals surface area contributed by atoms with Gasteiger partial charge in [-0.15, -0.1) is 0 Å². The maximum atomic E-state index is 12.9. The van der Waals surface area contributed by atoms with Crippen molar-refractivity contribution in [1.82, 2.24) is 9.62 Å². The van der Waals surface area contributed by atoms with E-state index in [9.17, 15) is 8.42 Å². The largest absolute Gasteiger partial charge is 0.373 e. The fourth-order valence-electron chi connectivity index (χ4n) is 3.59. The highest BCUT2D eigenvalue weighted by Gasteiger charge is 2.45. The summed E-state index contributed by atoms with van der Waals surface area (Å²) < 4.78 is 33.4. The summed E-state index contributed by atoms with van der Waals surface area (Å²) in [5.41, 5.74) is -0.129. The summed E-state index contributed by atoms with van der Waals surface area (Å²) in [6, 6.07) is 8.62. The normalized spacial score (nSPS) is 24.9. The van der Waals surface area contributed by atoms with Gasteiger partial charge in [0.05, 0.1) is 23.1 Å². The Kier molecular flexibility index (Phi) is 4.54. The minimum atomic E-state index is -3.45. The molecule has 2 heterocycles. The number of piperidine rings is 1.